The summed E-state index contributed by atoms with van der Waals surface area (Å²) < 4.78 is 46.7. The number of rotatable bonds is 6. The Hall–Kier alpha value is -3.22. The summed E-state index contributed by atoms with van der Waals surface area (Å²) in [4.78, 5) is 35.3. The van der Waals surface area contributed by atoms with Crippen molar-refractivity contribution >= 4 is 33.2 Å². The summed E-state index contributed by atoms with van der Waals surface area (Å²) in [7, 11) is -2.95. The van der Waals surface area contributed by atoms with E-state index in [2.05, 4.69) is 14.7 Å². The van der Waals surface area contributed by atoms with E-state index in [1.807, 2.05) is 0 Å². The Labute approximate surface area is 193 Å². The summed E-state index contributed by atoms with van der Waals surface area (Å²) >= 11 is 0.912. The van der Waals surface area contributed by atoms with Gasteiger partial charge < -0.3 is 9.64 Å². The number of esters is 1. The first-order valence-electron chi connectivity index (χ1n) is 9.82. The fraction of sp³-hybridized carbons (Fsp3) is 0.238. The number of nitrogens with zero attached hydrogens (tertiary/aromatic N) is 3. The highest BCUT2D eigenvalue weighted by Crippen LogP contribution is 2.37. The predicted molar refractivity (Wildman–Crippen MR) is 117 cm³/mol. The number of sulfonamides is 1. The highest BCUT2D eigenvalue weighted by molar-refractivity contribution is 7.91. The van der Waals surface area contributed by atoms with Crippen molar-refractivity contribution in [2.24, 2.45) is 0 Å². The molecule has 0 atom stereocenters. The van der Waals surface area contributed by atoms with Crippen LogP contribution in [0.15, 0.2) is 47.1 Å². The molecule has 1 aliphatic rings. The van der Waals surface area contributed by atoms with Gasteiger partial charge in [-0.15, -0.1) is 11.3 Å². The number of amides is 1. The zero-order chi connectivity index (χ0) is 23.6. The van der Waals surface area contributed by atoms with E-state index in [0.717, 1.165) is 11.3 Å². The molecule has 3 aromatic rings. The number of methoxy groups -OCH3 is 1. The van der Waals surface area contributed by atoms with Crippen LogP contribution in [0.2, 0.25) is 0 Å². The van der Waals surface area contributed by atoms with Gasteiger partial charge in [-0.3, -0.25) is 9.78 Å². The molecule has 4 rings (SSSR count). The van der Waals surface area contributed by atoms with Gasteiger partial charge in [0.25, 0.3) is 15.9 Å². The number of hydrogen-bond acceptors (Lipinski definition) is 8. The summed E-state index contributed by atoms with van der Waals surface area (Å²) in [6.07, 6.45) is 4.51. The minimum atomic E-state index is -4.12. The van der Waals surface area contributed by atoms with Gasteiger partial charge in [-0.25, -0.2) is 27.3 Å². The molecule has 0 fully saturated rings. The molecule has 0 radical (unpaired) electrons. The van der Waals surface area contributed by atoms with Gasteiger partial charge in [-0.1, -0.05) is 12.1 Å². The number of carbonyl (C=O) groups is 2. The molecule has 1 amide bonds. The molecule has 2 aromatic heterocycles. The van der Waals surface area contributed by atoms with E-state index in [9.17, 15) is 22.4 Å². The minimum Gasteiger partial charge on any atom is -0.465 e. The van der Waals surface area contributed by atoms with Crippen LogP contribution in [0.4, 0.5) is 4.39 Å². The van der Waals surface area contributed by atoms with Crippen LogP contribution in [0.1, 0.15) is 36.9 Å². The van der Waals surface area contributed by atoms with E-state index in [4.69, 9.17) is 4.74 Å². The van der Waals surface area contributed by atoms with Crippen molar-refractivity contribution in [2.45, 2.75) is 23.7 Å². The number of thiophene rings is 1. The molecule has 9 nitrogen and oxygen atoms in total. The number of ether oxygens (including phenoxy) is 1. The van der Waals surface area contributed by atoms with Gasteiger partial charge in [0.15, 0.2) is 0 Å². The molecule has 1 aliphatic heterocycles. The topological polar surface area (TPSA) is 119 Å². The molecule has 172 valence electrons. The van der Waals surface area contributed by atoms with Gasteiger partial charge in [0.1, 0.15) is 15.7 Å². The van der Waals surface area contributed by atoms with E-state index in [0.29, 0.717) is 16.0 Å². The average molecular weight is 491 g/mol. The van der Waals surface area contributed by atoms with Gasteiger partial charge in [-0.05, 0) is 29.7 Å². The third-order valence-corrected chi connectivity index (χ3v) is 8.22. The quantitative estimate of drug-likeness (QED) is 0.526. The lowest BCUT2D eigenvalue weighted by Crippen LogP contribution is -2.36. The molecule has 0 saturated heterocycles. The van der Waals surface area contributed by atoms with E-state index in [1.54, 1.807) is 6.07 Å². The third kappa shape index (κ3) is 4.77. The van der Waals surface area contributed by atoms with Crippen molar-refractivity contribution in [1.29, 1.82) is 0 Å². The van der Waals surface area contributed by atoms with Crippen LogP contribution in [0, 0.1) is 5.82 Å². The molecule has 1 N–H and O–H groups in total. The summed E-state index contributed by atoms with van der Waals surface area (Å²) in [5.41, 5.74) is 1.12. The molecule has 0 aliphatic carbocycles. The average Bonchev–Trinajstić information content (AvgIpc) is 3.22. The van der Waals surface area contributed by atoms with E-state index in [-0.39, 0.29) is 47.4 Å². The van der Waals surface area contributed by atoms with Crippen molar-refractivity contribution in [3.05, 3.63) is 75.9 Å². The van der Waals surface area contributed by atoms with Crippen LogP contribution < -0.4 is 4.72 Å². The van der Waals surface area contributed by atoms with Crippen LogP contribution in [-0.2, 0) is 34.3 Å². The lowest BCUT2D eigenvalue weighted by molar-refractivity contribution is 0.0595. The van der Waals surface area contributed by atoms with Crippen LogP contribution in [0.25, 0.3) is 0 Å². The maximum atomic E-state index is 13.4. The summed E-state index contributed by atoms with van der Waals surface area (Å²) in [5.74, 6) is -1.59. The molecule has 12 heteroatoms. The van der Waals surface area contributed by atoms with Crippen LogP contribution in [0.5, 0.6) is 0 Å². The predicted octanol–water partition coefficient (Wildman–Crippen LogP) is 2.14. The first kappa shape index (κ1) is 23.0. The van der Waals surface area contributed by atoms with Crippen LogP contribution in [0.3, 0.4) is 0 Å². The van der Waals surface area contributed by atoms with Gasteiger partial charge in [0, 0.05) is 30.4 Å². The van der Waals surface area contributed by atoms with Crippen molar-refractivity contribution in [1.82, 2.24) is 19.6 Å². The van der Waals surface area contributed by atoms with Crippen molar-refractivity contribution in [3.63, 3.8) is 0 Å². The molecule has 0 saturated carbocycles. The maximum Gasteiger partial charge on any atom is 0.340 e. The Morgan fingerprint density at radius 2 is 2.12 bits per heavy atom. The Bertz CT molecular complexity index is 1310. The zero-order valence-corrected chi connectivity index (χ0v) is 19.1. The number of carbonyl (C=O) groups excluding carboxylic acids is 2. The fourth-order valence-corrected chi connectivity index (χ4v) is 6.47. The largest absolute Gasteiger partial charge is 0.465 e. The Balaban J connectivity index is 1.63. The number of halogens is 1. The lowest BCUT2D eigenvalue weighted by Gasteiger charge is -2.26. The summed E-state index contributed by atoms with van der Waals surface area (Å²) in [5, 5.41) is 0. The number of nitrogens with one attached hydrogen (secondary N) is 1. The Morgan fingerprint density at radius 3 is 2.82 bits per heavy atom. The molecule has 3 heterocycles. The normalized spacial score (nSPS) is 13.5. The Morgan fingerprint density at radius 1 is 1.30 bits per heavy atom. The second kappa shape index (κ2) is 9.33. The van der Waals surface area contributed by atoms with E-state index >= 15 is 0 Å². The van der Waals surface area contributed by atoms with Crippen molar-refractivity contribution in [2.75, 3.05) is 13.7 Å². The van der Waals surface area contributed by atoms with Gasteiger partial charge in [0.2, 0.25) is 0 Å². The zero-order valence-electron chi connectivity index (χ0n) is 17.4. The fourth-order valence-electron chi connectivity index (χ4n) is 3.51. The highest BCUT2D eigenvalue weighted by Gasteiger charge is 2.35. The number of fused-ring (bicyclic) bond motifs is 1. The number of aromatic nitrogens is 2. The smallest absolute Gasteiger partial charge is 0.340 e. The van der Waals surface area contributed by atoms with Crippen molar-refractivity contribution in [3.8, 4) is 0 Å². The standard InChI is InChI=1S/C21H19FN4O5S2/c1-31-20(28)18-15-5-8-26(19(27)16-11-23-6-7-24-16)12-17(15)32-21(18)33(29,30)25-10-13-3-2-4-14(22)9-13/h2-4,6-7,9,11,25H,5,8,10,12H2,1H3. The summed E-state index contributed by atoms with van der Waals surface area (Å²) in [6, 6.07) is 5.54. The summed E-state index contributed by atoms with van der Waals surface area (Å²) in [6.45, 7) is 0.249. The van der Waals surface area contributed by atoms with Crippen LogP contribution >= 0.6 is 11.3 Å². The van der Waals surface area contributed by atoms with Crippen molar-refractivity contribution < 1.29 is 27.1 Å². The molecule has 0 unspecified atom stereocenters. The molecule has 33 heavy (non-hydrogen) atoms. The second-order valence-corrected chi connectivity index (χ2v) is 10.2. The molecular formula is C21H19FN4O5S2. The van der Waals surface area contributed by atoms with Crippen LogP contribution in [-0.4, -0.2) is 48.8 Å². The third-order valence-electron chi connectivity index (χ3n) is 5.08. The van der Waals surface area contributed by atoms with Gasteiger partial charge in [0.05, 0.1) is 25.4 Å². The highest BCUT2D eigenvalue weighted by atomic mass is 32.2. The first-order valence-corrected chi connectivity index (χ1v) is 12.1. The molecule has 1 aromatic carbocycles. The molecular weight excluding hydrogens is 471 g/mol. The first-order chi connectivity index (χ1) is 15.8. The number of benzene rings is 1. The van der Waals surface area contributed by atoms with Gasteiger partial charge >= 0.3 is 5.97 Å². The molecule has 0 bridgehead atoms. The monoisotopic (exact) mass is 490 g/mol. The maximum absolute atomic E-state index is 13.4. The minimum absolute atomic E-state index is 0.0316. The SMILES string of the molecule is COC(=O)c1c(S(=O)(=O)NCc2cccc(F)c2)sc2c1CCN(C(=O)c1cnccn1)C2. The van der Waals surface area contributed by atoms with E-state index < -0.39 is 21.8 Å². The lowest BCUT2D eigenvalue weighted by atomic mass is 10.0. The second-order valence-electron chi connectivity index (χ2n) is 7.18. The van der Waals surface area contributed by atoms with Gasteiger partial charge in [-0.2, -0.15) is 0 Å². The molecule has 0 spiro atoms. The van der Waals surface area contributed by atoms with E-state index in [1.165, 1.54) is 48.8 Å². The number of hydrogen-bond donors (Lipinski definition) is 1. The Kier molecular flexibility index (Phi) is 6.49.